The molecule has 1 aromatic carbocycles. The maximum Gasteiger partial charge on any atom is 0.228 e. The molecule has 0 aliphatic carbocycles. The van der Waals surface area contributed by atoms with Gasteiger partial charge < -0.3 is 11.1 Å². The van der Waals surface area contributed by atoms with Crippen LogP contribution in [-0.4, -0.2) is 15.0 Å². The Hall–Kier alpha value is -2.08. The van der Waals surface area contributed by atoms with Gasteiger partial charge >= 0.3 is 0 Å². The molecule has 6 heteroatoms. The molecule has 18 heavy (non-hydrogen) atoms. The van der Waals surface area contributed by atoms with Gasteiger partial charge in [0.05, 0.1) is 0 Å². The number of anilines is 2. The second-order valence-electron chi connectivity index (χ2n) is 3.71. The fraction of sp³-hybridized carbons (Fsp3) is 0.0833. The van der Waals surface area contributed by atoms with Gasteiger partial charge in [0.25, 0.3) is 0 Å². The molecule has 92 valence electrons. The highest BCUT2D eigenvalue weighted by molar-refractivity contribution is 7.80. The van der Waals surface area contributed by atoms with Crippen LogP contribution in [0.4, 0.5) is 16.0 Å². The summed E-state index contributed by atoms with van der Waals surface area (Å²) in [7, 11) is 0. The van der Waals surface area contributed by atoms with E-state index in [2.05, 4.69) is 15.3 Å². The van der Waals surface area contributed by atoms with Crippen molar-refractivity contribution in [2.45, 2.75) is 6.92 Å². The van der Waals surface area contributed by atoms with Gasteiger partial charge in [0.1, 0.15) is 16.5 Å². The number of nitrogens with zero attached hydrogens (tertiary/aromatic N) is 2. The summed E-state index contributed by atoms with van der Waals surface area (Å²) in [6.07, 6.45) is 0. The average Bonchev–Trinajstić information content (AvgIpc) is 2.31. The van der Waals surface area contributed by atoms with Crippen molar-refractivity contribution in [1.82, 2.24) is 9.97 Å². The smallest absolute Gasteiger partial charge is 0.228 e. The number of hydrogen-bond acceptors (Lipinski definition) is 4. The summed E-state index contributed by atoms with van der Waals surface area (Å²) in [5, 5.41) is 2.96. The molecule has 1 aromatic heterocycles. The van der Waals surface area contributed by atoms with Crippen molar-refractivity contribution < 1.29 is 4.39 Å². The van der Waals surface area contributed by atoms with E-state index in [1.54, 1.807) is 18.2 Å². The number of aromatic nitrogens is 2. The Balaban J connectivity index is 2.28. The number of nitrogens with one attached hydrogen (secondary N) is 1. The van der Waals surface area contributed by atoms with E-state index in [4.69, 9.17) is 18.0 Å². The van der Waals surface area contributed by atoms with E-state index in [0.29, 0.717) is 17.3 Å². The number of benzene rings is 1. The van der Waals surface area contributed by atoms with E-state index in [0.717, 1.165) is 5.69 Å². The lowest BCUT2D eigenvalue weighted by atomic mass is 10.3. The topological polar surface area (TPSA) is 63.8 Å². The van der Waals surface area contributed by atoms with Gasteiger partial charge in [-0.25, -0.2) is 14.4 Å². The zero-order valence-electron chi connectivity index (χ0n) is 9.64. The third-order valence-electron chi connectivity index (χ3n) is 2.21. The Morgan fingerprint density at radius 3 is 2.56 bits per heavy atom. The first-order chi connectivity index (χ1) is 8.54. The fourth-order valence-electron chi connectivity index (χ4n) is 1.41. The summed E-state index contributed by atoms with van der Waals surface area (Å²) < 4.78 is 12.8. The van der Waals surface area contributed by atoms with Gasteiger partial charge in [-0.1, -0.05) is 12.2 Å². The van der Waals surface area contributed by atoms with Crippen LogP contribution in [0.5, 0.6) is 0 Å². The van der Waals surface area contributed by atoms with Crippen LogP contribution in [0.2, 0.25) is 0 Å². The van der Waals surface area contributed by atoms with E-state index in [1.807, 2.05) is 6.92 Å². The van der Waals surface area contributed by atoms with Gasteiger partial charge in [-0.05, 0) is 37.3 Å². The molecular weight excluding hydrogens is 251 g/mol. The monoisotopic (exact) mass is 262 g/mol. The first-order valence-corrected chi connectivity index (χ1v) is 5.63. The molecule has 0 radical (unpaired) electrons. The molecule has 0 spiro atoms. The first kappa shape index (κ1) is 12.4. The number of rotatable bonds is 3. The lowest BCUT2D eigenvalue weighted by Gasteiger charge is -2.07. The molecule has 0 saturated heterocycles. The van der Waals surface area contributed by atoms with Crippen LogP contribution in [-0.2, 0) is 0 Å². The van der Waals surface area contributed by atoms with Crippen LogP contribution in [0.25, 0.3) is 0 Å². The number of halogens is 1. The van der Waals surface area contributed by atoms with Crippen molar-refractivity contribution in [2.24, 2.45) is 5.73 Å². The van der Waals surface area contributed by atoms with Crippen molar-refractivity contribution in [3.8, 4) is 0 Å². The van der Waals surface area contributed by atoms with Crippen LogP contribution in [0.15, 0.2) is 30.3 Å². The van der Waals surface area contributed by atoms with Gasteiger partial charge in [-0.15, -0.1) is 0 Å². The number of aryl methyl sites for hydroxylation is 1. The van der Waals surface area contributed by atoms with Gasteiger partial charge in [0.2, 0.25) is 5.95 Å². The molecule has 3 N–H and O–H groups in total. The summed E-state index contributed by atoms with van der Waals surface area (Å²) in [4.78, 5) is 8.58. The minimum absolute atomic E-state index is 0.211. The van der Waals surface area contributed by atoms with Crippen LogP contribution in [0, 0.1) is 12.7 Å². The standard InChI is InChI=1S/C12H11FN4S/c1-7-6-10(11(14)18)17-12(15-7)16-9-4-2-8(13)3-5-9/h2-6H,1H3,(H2,14,18)(H,15,16,17). The average molecular weight is 262 g/mol. The Morgan fingerprint density at radius 1 is 1.28 bits per heavy atom. The number of nitrogens with two attached hydrogens (primary N) is 1. The summed E-state index contributed by atoms with van der Waals surface area (Å²) in [6, 6.07) is 7.61. The van der Waals surface area contributed by atoms with Gasteiger partial charge in [0, 0.05) is 11.4 Å². The number of hydrogen-bond donors (Lipinski definition) is 2. The minimum atomic E-state index is -0.297. The van der Waals surface area contributed by atoms with Crippen LogP contribution >= 0.6 is 12.2 Å². The Bertz CT molecular complexity index is 583. The lowest BCUT2D eigenvalue weighted by Crippen LogP contribution is -2.13. The fourth-order valence-corrected chi connectivity index (χ4v) is 1.52. The third kappa shape index (κ3) is 2.98. The highest BCUT2D eigenvalue weighted by atomic mass is 32.1. The predicted octanol–water partition coefficient (Wildman–Crippen LogP) is 2.30. The molecule has 4 nitrogen and oxygen atoms in total. The van der Waals surface area contributed by atoms with Gasteiger partial charge in [-0.2, -0.15) is 0 Å². The van der Waals surface area contributed by atoms with Crippen LogP contribution in [0.1, 0.15) is 11.4 Å². The molecule has 0 amide bonds. The van der Waals surface area contributed by atoms with Crippen molar-refractivity contribution in [3.63, 3.8) is 0 Å². The molecule has 0 bridgehead atoms. The largest absolute Gasteiger partial charge is 0.388 e. The van der Waals surface area contributed by atoms with Gasteiger partial charge in [-0.3, -0.25) is 0 Å². The van der Waals surface area contributed by atoms with E-state index in [9.17, 15) is 4.39 Å². The molecular formula is C12H11FN4S. The molecule has 0 aliphatic heterocycles. The Morgan fingerprint density at radius 2 is 1.94 bits per heavy atom. The molecule has 0 fully saturated rings. The third-order valence-corrected chi connectivity index (χ3v) is 2.42. The highest BCUT2D eigenvalue weighted by Gasteiger charge is 2.04. The van der Waals surface area contributed by atoms with Crippen LogP contribution in [0.3, 0.4) is 0 Å². The minimum Gasteiger partial charge on any atom is -0.388 e. The Labute approximate surface area is 109 Å². The summed E-state index contributed by atoms with van der Waals surface area (Å²) in [5.74, 6) is 0.0824. The quantitative estimate of drug-likeness (QED) is 0.831. The molecule has 0 aliphatic rings. The summed E-state index contributed by atoms with van der Waals surface area (Å²) >= 11 is 4.87. The molecule has 1 heterocycles. The SMILES string of the molecule is Cc1cc(C(N)=S)nc(Nc2ccc(F)cc2)n1. The lowest BCUT2D eigenvalue weighted by molar-refractivity contribution is 0.628. The molecule has 0 unspecified atom stereocenters. The summed E-state index contributed by atoms with van der Waals surface area (Å²) in [6.45, 7) is 1.82. The van der Waals surface area contributed by atoms with E-state index in [-0.39, 0.29) is 10.8 Å². The Kier molecular flexibility index (Phi) is 3.47. The second kappa shape index (κ2) is 5.05. The summed E-state index contributed by atoms with van der Waals surface area (Å²) in [5.41, 5.74) is 7.47. The highest BCUT2D eigenvalue weighted by Crippen LogP contribution is 2.14. The zero-order chi connectivity index (χ0) is 13.1. The zero-order valence-corrected chi connectivity index (χ0v) is 10.5. The molecule has 0 saturated carbocycles. The van der Waals surface area contributed by atoms with E-state index in [1.165, 1.54) is 12.1 Å². The molecule has 2 rings (SSSR count). The maximum absolute atomic E-state index is 12.8. The second-order valence-corrected chi connectivity index (χ2v) is 4.15. The van der Waals surface area contributed by atoms with Crippen LogP contribution < -0.4 is 11.1 Å². The molecule has 0 atom stereocenters. The number of thiocarbonyl (C=S) groups is 1. The van der Waals surface area contributed by atoms with Crippen molar-refractivity contribution in [3.05, 3.63) is 47.5 Å². The van der Waals surface area contributed by atoms with Gasteiger partial charge in [0.15, 0.2) is 0 Å². The van der Waals surface area contributed by atoms with Crippen molar-refractivity contribution in [2.75, 3.05) is 5.32 Å². The predicted molar refractivity (Wildman–Crippen MR) is 72.3 cm³/mol. The van der Waals surface area contributed by atoms with E-state index < -0.39 is 0 Å². The van der Waals surface area contributed by atoms with E-state index >= 15 is 0 Å². The molecule has 2 aromatic rings. The first-order valence-electron chi connectivity index (χ1n) is 5.22. The normalized spacial score (nSPS) is 10.1. The van der Waals surface area contributed by atoms with Crippen molar-refractivity contribution in [1.29, 1.82) is 0 Å². The van der Waals surface area contributed by atoms with Crippen molar-refractivity contribution >= 4 is 28.8 Å². The maximum atomic E-state index is 12.8.